The number of amides is 2. The lowest BCUT2D eigenvalue weighted by Crippen LogP contribution is -2.53. The second kappa shape index (κ2) is 7.98. The Labute approximate surface area is 143 Å². The number of carbonyl (C=O) groups excluding carboxylic acids is 1. The van der Waals surface area contributed by atoms with Gasteiger partial charge in [-0.15, -0.1) is 0 Å². The van der Waals surface area contributed by atoms with Gasteiger partial charge in [0.1, 0.15) is 5.76 Å². The Morgan fingerprint density at radius 3 is 2.58 bits per heavy atom. The van der Waals surface area contributed by atoms with E-state index in [1.165, 1.54) is 12.8 Å². The van der Waals surface area contributed by atoms with Crippen molar-refractivity contribution in [1.82, 2.24) is 25.2 Å². The molecule has 1 atom stereocenters. The molecule has 0 bridgehead atoms. The number of likely N-dealkylation sites (tertiary alicyclic amines) is 1. The second-order valence-corrected chi connectivity index (χ2v) is 6.97. The van der Waals surface area contributed by atoms with Crippen molar-refractivity contribution in [1.29, 1.82) is 0 Å². The van der Waals surface area contributed by atoms with Crippen molar-refractivity contribution >= 4 is 6.03 Å². The van der Waals surface area contributed by atoms with E-state index in [0.717, 1.165) is 63.8 Å². The molecule has 2 aliphatic heterocycles. The molecule has 3 heterocycles. The molecule has 3 rings (SSSR count). The van der Waals surface area contributed by atoms with Gasteiger partial charge in [0.05, 0.1) is 5.69 Å². The number of aromatic nitrogens is 1. The summed E-state index contributed by atoms with van der Waals surface area (Å²) in [6.07, 6.45) is 2.57. The first kappa shape index (κ1) is 17.2. The molecular formula is C17H29N5O2. The van der Waals surface area contributed by atoms with Crippen LogP contribution in [0, 0.1) is 6.92 Å². The van der Waals surface area contributed by atoms with Gasteiger partial charge in [-0.05, 0) is 39.8 Å². The third kappa shape index (κ3) is 4.48. The maximum absolute atomic E-state index is 12.3. The molecule has 2 fully saturated rings. The van der Waals surface area contributed by atoms with Crippen LogP contribution in [0.2, 0.25) is 0 Å². The molecule has 7 heteroatoms. The van der Waals surface area contributed by atoms with Crippen LogP contribution in [-0.4, -0.2) is 77.7 Å². The fourth-order valence-electron chi connectivity index (χ4n) is 3.49. The largest absolute Gasteiger partial charge is 0.361 e. The molecule has 2 amide bonds. The quantitative estimate of drug-likeness (QED) is 0.878. The number of hydrogen-bond donors (Lipinski definition) is 1. The second-order valence-electron chi connectivity index (χ2n) is 6.97. The molecule has 1 aromatic heterocycles. The van der Waals surface area contributed by atoms with Crippen molar-refractivity contribution in [2.24, 2.45) is 0 Å². The van der Waals surface area contributed by atoms with Crippen LogP contribution in [0.15, 0.2) is 10.6 Å². The molecular weight excluding hydrogens is 306 g/mol. The van der Waals surface area contributed by atoms with Gasteiger partial charge in [0.2, 0.25) is 0 Å². The number of aryl methyl sites for hydroxylation is 1. The van der Waals surface area contributed by atoms with Gasteiger partial charge in [0, 0.05) is 51.4 Å². The Kier molecular flexibility index (Phi) is 5.73. The summed E-state index contributed by atoms with van der Waals surface area (Å²) in [6, 6.07) is 2.46. The Hall–Kier alpha value is -1.60. The Bertz CT molecular complexity index is 533. The topological polar surface area (TPSA) is 64.8 Å². The zero-order chi connectivity index (χ0) is 16.9. The van der Waals surface area contributed by atoms with Crippen LogP contribution in [-0.2, 0) is 6.54 Å². The predicted molar refractivity (Wildman–Crippen MR) is 91.8 cm³/mol. The van der Waals surface area contributed by atoms with E-state index in [1.54, 1.807) is 0 Å². The minimum Gasteiger partial charge on any atom is -0.361 e. The summed E-state index contributed by atoms with van der Waals surface area (Å²) in [5.41, 5.74) is 0.963. The van der Waals surface area contributed by atoms with Crippen LogP contribution in [0.4, 0.5) is 4.79 Å². The minimum absolute atomic E-state index is 0.0676. The fraction of sp³-hybridized carbons (Fsp3) is 0.765. The average molecular weight is 335 g/mol. The standard InChI is InChI=1S/C17H29N5O2/c1-14(21-5-3-4-6-21)12-18-17(23)22-9-7-20(8-10-22)13-16-11-15(2)24-19-16/h11,14H,3-10,12-13H2,1-2H3,(H,18,23)/t14-/m0/s1. The van der Waals surface area contributed by atoms with Crippen molar-refractivity contribution < 1.29 is 9.32 Å². The van der Waals surface area contributed by atoms with Gasteiger partial charge < -0.3 is 14.7 Å². The van der Waals surface area contributed by atoms with E-state index in [4.69, 9.17) is 4.52 Å². The number of hydrogen-bond acceptors (Lipinski definition) is 5. The number of carbonyl (C=O) groups is 1. The van der Waals surface area contributed by atoms with Crippen molar-refractivity contribution in [3.8, 4) is 0 Å². The normalized spacial score (nSPS) is 21.2. The molecule has 0 unspecified atom stereocenters. The lowest BCUT2D eigenvalue weighted by atomic mass is 10.3. The first-order chi connectivity index (χ1) is 11.6. The van der Waals surface area contributed by atoms with E-state index >= 15 is 0 Å². The van der Waals surface area contributed by atoms with Gasteiger partial charge >= 0.3 is 6.03 Å². The Balaban J connectivity index is 1.37. The summed E-state index contributed by atoms with van der Waals surface area (Å²) in [6.45, 7) is 11.2. The van der Waals surface area contributed by atoms with Gasteiger partial charge in [0.15, 0.2) is 0 Å². The van der Waals surface area contributed by atoms with E-state index < -0.39 is 0 Å². The summed E-state index contributed by atoms with van der Waals surface area (Å²) in [7, 11) is 0. The molecule has 0 aliphatic carbocycles. The molecule has 0 saturated carbocycles. The highest BCUT2D eigenvalue weighted by Gasteiger charge is 2.23. The molecule has 0 spiro atoms. The van der Waals surface area contributed by atoms with Gasteiger partial charge in [0.25, 0.3) is 0 Å². The third-order valence-corrected chi connectivity index (χ3v) is 5.03. The maximum Gasteiger partial charge on any atom is 0.317 e. The Morgan fingerprint density at radius 2 is 1.96 bits per heavy atom. The predicted octanol–water partition coefficient (Wildman–Crippen LogP) is 1.29. The number of piperazine rings is 1. The zero-order valence-electron chi connectivity index (χ0n) is 14.8. The number of nitrogens with zero attached hydrogens (tertiary/aromatic N) is 4. The van der Waals surface area contributed by atoms with E-state index in [-0.39, 0.29) is 6.03 Å². The molecule has 24 heavy (non-hydrogen) atoms. The molecule has 1 aromatic rings. The van der Waals surface area contributed by atoms with Gasteiger partial charge in [-0.3, -0.25) is 9.80 Å². The van der Waals surface area contributed by atoms with Crippen molar-refractivity contribution in [2.75, 3.05) is 45.8 Å². The lowest BCUT2D eigenvalue weighted by Gasteiger charge is -2.34. The molecule has 7 nitrogen and oxygen atoms in total. The van der Waals surface area contributed by atoms with Gasteiger partial charge in [-0.2, -0.15) is 0 Å². The third-order valence-electron chi connectivity index (χ3n) is 5.03. The highest BCUT2D eigenvalue weighted by molar-refractivity contribution is 5.74. The van der Waals surface area contributed by atoms with E-state index in [0.29, 0.717) is 6.04 Å². The van der Waals surface area contributed by atoms with Crippen LogP contribution in [0.5, 0.6) is 0 Å². The molecule has 0 radical (unpaired) electrons. The van der Waals surface area contributed by atoms with E-state index in [1.807, 2.05) is 17.9 Å². The highest BCUT2D eigenvalue weighted by Crippen LogP contribution is 2.11. The summed E-state index contributed by atoms with van der Waals surface area (Å²) in [4.78, 5) is 19.0. The lowest BCUT2D eigenvalue weighted by molar-refractivity contribution is 0.131. The van der Waals surface area contributed by atoms with Crippen LogP contribution < -0.4 is 5.32 Å². The number of nitrogens with one attached hydrogen (secondary N) is 1. The summed E-state index contributed by atoms with van der Waals surface area (Å²) >= 11 is 0. The molecule has 134 valence electrons. The molecule has 2 saturated heterocycles. The summed E-state index contributed by atoms with van der Waals surface area (Å²) in [5, 5.41) is 7.13. The first-order valence-corrected chi connectivity index (χ1v) is 9.03. The van der Waals surface area contributed by atoms with Gasteiger partial charge in [-0.1, -0.05) is 5.16 Å². The van der Waals surface area contributed by atoms with Crippen LogP contribution in [0.1, 0.15) is 31.2 Å². The Morgan fingerprint density at radius 1 is 1.25 bits per heavy atom. The van der Waals surface area contributed by atoms with Crippen LogP contribution in [0.3, 0.4) is 0 Å². The summed E-state index contributed by atoms with van der Waals surface area (Å²) in [5.74, 6) is 0.843. The monoisotopic (exact) mass is 335 g/mol. The van der Waals surface area contributed by atoms with Crippen molar-refractivity contribution in [2.45, 2.75) is 39.3 Å². The molecule has 1 N–H and O–H groups in total. The molecule has 0 aromatic carbocycles. The fourth-order valence-corrected chi connectivity index (χ4v) is 3.49. The summed E-state index contributed by atoms with van der Waals surface area (Å²) < 4.78 is 5.11. The van der Waals surface area contributed by atoms with Crippen LogP contribution in [0.25, 0.3) is 0 Å². The minimum atomic E-state index is 0.0676. The highest BCUT2D eigenvalue weighted by atomic mass is 16.5. The average Bonchev–Trinajstić information content (AvgIpc) is 3.25. The smallest absolute Gasteiger partial charge is 0.317 e. The van der Waals surface area contributed by atoms with Crippen molar-refractivity contribution in [3.05, 3.63) is 17.5 Å². The van der Waals surface area contributed by atoms with Crippen molar-refractivity contribution in [3.63, 3.8) is 0 Å². The number of rotatable bonds is 5. The van der Waals surface area contributed by atoms with E-state index in [2.05, 4.69) is 27.2 Å². The first-order valence-electron chi connectivity index (χ1n) is 9.03. The number of urea groups is 1. The molecule has 2 aliphatic rings. The van der Waals surface area contributed by atoms with E-state index in [9.17, 15) is 4.79 Å². The van der Waals surface area contributed by atoms with Gasteiger partial charge in [-0.25, -0.2) is 4.79 Å². The zero-order valence-corrected chi connectivity index (χ0v) is 14.8. The maximum atomic E-state index is 12.3. The van der Waals surface area contributed by atoms with Crippen LogP contribution >= 0.6 is 0 Å². The SMILES string of the molecule is Cc1cc(CN2CCN(C(=O)NC[C@H](C)N3CCCC3)CC2)no1.